The number of carbonyl (C=O) groups excluding carboxylic acids is 2. The first-order chi connectivity index (χ1) is 10.3. The van der Waals surface area contributed by atoms with Crippen LogP contribution in [0.2, 0.25) is 0 Å². The van der Waals surface area contributed by atoms with E-state index in [4.69, 9.17) is 0 Å². The maximum Gasteiger partial charge on any atom is 2.00 e. The Balaban J connectivity index is 0.000000342. The minimum atomic E-state index is -0.206. The van der Waals surface area contributed by atoms with Crippen LogP contribution >= 0.6 is 0 Å². The molecule has 0 fully saturated rings. The van der Waals surface area contributed by atoms with E-state index in [9.17, 15) is 14.4 Å². The Morgan fingerprint density at radius 3 is 1.91 bits per heavy atom. The van der Waals surface area contributed by atoms with Gasteiger partial charge in [-0.25, -0.2) is 24.3 Å². The zero-order valence-corrected chi connectivity index (χ0v) is 14.5. The van der Waals surface area contributed by atoms with Crippen molar-refractivity contribution in [2.75, 3.05) is 0 Å². The molecule has 0 aromatic heterocycles. The second kappa shape index (κ2) is 10.9. The molecule has 0 N–H and O–H groups in total. The maximum atomic E-state index is 10.7. The van der Waals surface area contributed by atoms with E-state index in [2.05, 4.69) is 30.4 Å². The summed E-state index contributed by atoms with van der Waals surface area (Å²) in [6.07, 6.45) is 24.0. The van der Waals surface area contributed by atoms with E-state index >= 15 is 0 Å². The van der Waals surface area contributed by atoms with Crippen LogP contribution in [0.4, 0.5) is 0 Å². The Morgan fingerprint density at radius 1 is 1.04 bits per heavy atom. The van der Waals surface area contributed by atoms with Gasteiger partial charge in [0.1, 0.15) is 0 Å². The largest absolute Gasteiger partial charge is 2.00 e. The summed E-state index contributed by atoms with van der Waals surface area (Å²) in [6.45, 7) is 0. The van der Waals surface area contributed by atoms with Gasteiger partial charge >= 0.3 is 34.7 Å². The molecule has 0 spiro atoms. The van der Waals surface area contributed by atoms with Crippen molar-refractivity contribution >= 4 is 23.9 Å². The first-order valence-corrected chi connectivity index (χ1v) is 6.30. The number of allylic oxidation sites excluding steroid dienone is 9. The minimum Gasteiger partial charge on any atom is -0.385 e. The molecule has 1 aromatic rings. The van der Waals surface area contributed by atoms with Crippen molar-refractivity contribution < 1.29 is 44.3 Å². The molecule has 4 rings (SSSR count). The summed E-state index contributed by atoms with van der Waals surface area (Å²) in [6, 6.07) is 0. The topological polar surface area (TPSA) is 51.2 Å². The Kier molecular flexibility index (Phi) is 10.1. The summed E-state index contributed by atoms with van der Waals surface area (Å²) < 4.78 is 0. The molecule has 0 radical (unpaired) electrons. The third-order valence-electron chi connectivity index (χ3n) is 2.77. The van der Waals surface area contributed by atoms with Gasteiger partial charge in [0.2, 0.25) is 0 Å². The molecule has 5 heteroatoms. The molecule has 1 aromatic carbocycles. The Hall–Kier alpha value is -1.71. The normalized spacial score (nSPS) is 14.6. The second-order valence-corrected chi connectivity index (χ2v) is 4.16. The van der Waals surface area contributed by atoms with E-state index in [1.54, 1.807) is 0 Å². The molecular weight excluding hydrogens is 368 g/mol. The summed E-state index contributed by atoms with van der Waals surface area (Å²) in [5.41, 5.74) is -0.174. The van der Waals surface area contributed by atoms with E-state index in [0.717, 1.165) is 12.8 Å². The third kappa shape index (κ3) is 5.78. The van der Waals surface area contributed by atoms with E-state index in [0.29, 0.717) is 10.4 Å². The van der Waals surface area contributed by atoms with Gasteiger partial charge in [-0.15, -0.1) is 23.6 Å². The summed E-state index contributed by atoms with van der Waals surface area (Å²) in [5.74, 6) is 1.51. The fourth-order valence-electron chi connectivity index (χ4n) is 1.70. The Morgan fingerprint density at radius 2 is 1.61 bits per heavy atom. The molecule has 112 valence electrons. The number of hydrogen-bond acceptors (Lipinski definition) is 3. The average Bonchev–Trinajstić information content (AvgIpc) is 3.14. The van der Waals surface area contributed by atoms with Crippen LogP contribution in [-0.2, 0) is 44.3 Å². The second-order valence-electron chi connectivity index (χ2n) is 4.16. The summed E-state index contributed by atoms with van der Waals surface area (Å²) in [5, 5.41) is 0.625. The van der Waals surface area contributed by atoms with Crippen LogP contribution in [0.5, 0.6) is 0 Å². The minimum absolute atomic E-state index is 0. The summed E-state index contributed by atoms with van der Waals surface area (Å²) >= 11 is 0. The molecule has 0 amide bonds. The van der Waals surface area contributed by atoms with Gasteiger partial charge in [0, 0.05) is 6.29 Å². The van der Waals surface area contributed by atoms with Crippen LogP contribution in [0.25, 0.3) is 11.6 Å². The van der Waals surface area contributed by atoms with Crippen molar-refractivity contribution in [3.05, 3.63) is 74.8 Å². The van der Waals surface area contributed by atoms with Gasteiger partial charge in [-0.2, -0.15) is 29.0 Å². The van der Waals surface area contributed by atoms with Gasteiger partial charge in [0.15, 0.2) is 0 Å². The van der Waals surface area contributed by atoms with E-state index < -0.39 is 0 Å². The van der Waals surface area contributed by atoms with Crippen LogP contribution in [0.15, 0.2) is 46.8 Å². The Bertz CT molecular complexity index is 796. The van der Waals surface area contributed by atoms with Crippen LogP contribution in [0.1, 0.15) is 12.8 Å². The van der Waals surface area contributed by atoms with Gasteiger partial charge in [-0.3, -0.25) is 12.2 Å². The first kappa shape index (κ1) is 21.3. The van der Waals surface area contributed by atoms with Gasteiger partial charge in [-0.05, 0) is 5.94 Å². The van der Waals surface area contributed by atoms with Gasteiger partial charge in [0.25, 0.3) is 0 Å². The fourth-order valence-corrected chi connectivity index (χ4v) is 1.70. The van der Waals surface area contributed by atoms with Crippen molar-refractivity contribution in [2.45, 2.75) is 12.8 Å². The van der Waals surface area contributed by atoms with Crippen LogP contribution < -0.4 is 15.9 Å². The van der Waals surface area contributed by atoms with Gasteiger partial charge < -0.3 is 14.4 Å². The predicted molar refractivity (Wildman–Crippen MR) is 79.2 cm³/mol. The monoisotopic (exact) mass is 378 g/mol. The van der Waals surface area contributed by atoms with Gasteiger partial charge in [0.05, 0.1) is 5.43 Å². The quantitative estimate of drug-likeness (QED) is 0.519. The van der Waals surface area contributed by atoms with Crippen molar-refractivity contribution in [1.29, 1.82) is 0 Å². The van der Waals surface area contributed by atoms with Crippen LogP contribution in [0, 0.1) is 12.2 Å². The number of hydrogen-bond donors (Lipinski definition) is 0. The van der Waals surface area contributed by atoms with E-state index in [1.807, 2.05) is 24.3 Å². The summed E-state index contributed by atoms with van der Waals surface area (Å²) in [4.78, 5) is 30.9. The molecule has 0 aliphatic heterocycles. The zero-order chi connectivity index (χ0) is 15.1. The smallest absolute Gasteiger partial charge is 0.385 e. The number of fused-ring (bicyclic) bond motifs is 1. The molecule has 0 saturated carbocycles. The van der Waals surface area contributed by atoms with E-state index in [-0.39, 0.29) is 51.3 Å². The summed E-state index contributed by atoms with van der Waals surface area (Å²) in [7, 11) is 0. The zero-order valence-electron chi connectivity index (χ0n) is 11.9. The molecule has 3 aliphatic rings. The van der Waals surface area contributed by atoms with Gasteiger partial charge in [-0.1, -0.05) is 0 Å². The van der Waals surface area contributed by atoms with E-state index in [1.165, 1.54) is 12.2 Å². The first-order valence-electron chi connectivity index (χ1n) is 6.30. The number of rotatable bonds is 1. The Labute approximate surface area is 155 Å². The third-order valence-corrected chi connectivity index (χ3v) is 2.77. The molecule has 0 saturated heterocycles. The molecule has 23 heavy (non-hydrogen) atoms. The molecular formula is C18H10Cr2O3. The SMILES string of the molecule is O=C=C1[C-]=c2c(=O)c2=C1[C-]=O.[C-]1=CC=CC1.[C-]1=CC=CC1.[Cr+2].[Cr+2]. The molecule has 0 atom stereocenters. The predicted octanol–water partition coefficient (Wildman–Crippen LogP) is 0.218. The van der Waals surface area contributed by atoms with Crippen molar-refractivity contribution in [3.8, 4) is 0 Å². The van der Waals surface area contributed by atoms with Crippen molar-refractivity contribution in [2.24, 2.45) is 0 Å². The maximum absolute atomic E-state index is 10.7. The molecule has 0 bridgehead atoms. The van der Waals surface area contributed by atoms with Crippen molar-refractivity contribution in [1.82, 2.24) is 0 Å². The van der Waals surface area contributed by atoms with Crippen LogP contribution in [-0.4, -0.2) is 12.2 Å². The van der Waals surface area contributed by atoms with Crippen LogP contribution in [0.3, 0.4) is 0 Å². The average molecular weight is 378 g/mol. The fraction of sp³-hybridized carbons (Fsp3) is 0.111. The molecule has 3 nitrogen and oxygen atoms in total. The standard InChI is InChI=1S/C8O3.2C5H5.2Cr/c9-2-4-1-5-7(8(5)11)6(4)3-10;2*1-2-4-5-3-1;;/h;2*1-3H,4H2;;/q-2;2*-1;2*+2. The van der Waals surface area contributed by atoms with Crippen molar-refractivity contribution in [3.63, 3.8) is 0 Å². The molecule has 3 aliphatic carbocycles. The molecule has 0 heterocycles. The molecule has 0 unspecified atom stereocenters.